The van der Waals surface area contributed by atoms with E-state index < -0.39 is 0 Å². The number of halogens is 1. The van der Waals surface area contributed by atoms with Crippen LogP contribution in [0.4, 0.5) is 0 Å². The zero-order valence-electron chi connectivity index (χ0n) is 9.64. The maximum absolute atomic E-state index is 9.51. The average Bonchev–Trinajstić information content (AvgIpc) is 2.21. The molecule has 0 bridgehead atoms. The molecule has 0 rings (SSSR count). The predicted octanol–water partition coefficient (Wildman–Crippen LogP) is 3.62. The van der Waals surface area contributed by atoms with Crippen molar-refractivity contribution in [2.24, 2.45) is 0 Å². The number of aliphatic hydroxyl groups excluding tert-OH is 1. The summed E-state index contributed by atoms with van der Waals surface area (Å²) in [7, 11) is 0. The highest BCUT2D eigenvalue weighted by molar-refractivity contribution is 9.11. The Morgan fingerprint density at radius 2 is 1.88 bits per heavy atom. The SMILES string of the molecule is C#CCCCCC#CCCC(O)CC(=C)Br. The van der Waals surface area contributed by atoms with Gasteiger partial charge in [0.2, 0.25) is 0 Å². The van der Waals surface area contributed by atoms with Crippen LogP contribution in [-0.2, 0) is 0 Å². The molecule has 0 aliphatic heterocycles. The maximum Gasteiger partial charge on any atom is 0.0594 e. The van der Waals surface area contributed by atoms with Crippen LogP contribution in [0.5, 0.6) is 0 Å². The fraction of sp³-hybridized carbons (Fsp3) is 0.571. The number of aliphatic hydroxyl groups is 1. The first-order chi connectivity index (χ1) is 7.66. The molecule has 0 aromatic carbocycles. The fourth-order valence-corrected chi connectivity index (χ4v) is 1.59. The minimum absolute atomic E-state index is 0.331. The molecular weight excluding hydrogens is 264 g/mol. The summed E-state index contributed by atoms with van der Waals surface area (Å²) in [5.41, 5.74) is 0. The number of unbranched alkanes of at least 4 members (excludes halogenated alkanes) is 3. The molecule has 0 aromatic rings. The van der Waals surface area contributed by atoms with Crippen LogP contribution in [0, 0.1) is 24.2 Å². The summed E-state index contributed by atoms with van der Waals surface area (Å²) in [6, 6.07) is 0. The normalized spacial score (nSPS) is 11.1. The van der Waals surface area contributed by atoms with E-state index in [2.05, 4.69) is 40.3 Å². The lowest BCUT2D eigenvalue weighted by atomic mass is 10.1. The summed E-state index contributed by atoms with van der Waals surface area (Å²) in [4.78, 5) is 0. The van der Waals surface area contributed by atoms with E-state index in [1.807, 2.05) is 0 Å². The molecule has 88 valence electrons. The third kappa shape index (κ3) is 11.4. The summed E-state index contributed by atoms with van der Waals surface area (Å²) >= 11 is 3.23. The fourth-order valence-electron chi connectivity index (χ4n) is 1.21. The van der Waals surface area contributed by atoms with Crippen molar-refractivity contribution in [3.63, 3.8) is 0 Å². The Kier molecular flexibility index (Phi) is 10.3. The van der Waals surface area contributed by atoms with Crippen molar-refractivity contribution in [1.29, 1.82) is 0 Å². The number of rotatable bonds is 7. The lowest BCUT2D eigenvalue weighted by molar-refractivity contribution is 0.169. The number of hydrogen-bond acceptors (Lipinski definition) is 1. The first-order valence-electron chi connectivity index (χ1n) is 5.57. The van der Waals surface area contributed by atoms with Gasteiger partial charge in [-0.1, -0.05) is 22.5 Å². The largest absolute Gasteiger partial charge is 0.393 e. The van der Waals surface area contributed by atoms with E-state index in [9.17, 15) is 5.11 Å². The molecule has 0 fully saturated rings. The van der Waals surface area contributed by atoms with Gasteiger partial charge in [0.15, 0.2) is 0 Å². The van der Waals surface area contributed by atoms with Gasteiger partial charge >= 0.3 is 0 Å². The van der Waals surface area contributed by atoms with Crippen molar-refractivity contribution in [1.82, 2.24) is 0 Å². The van der Waals surface area contributed by atoms with Crippen LogP contribution < -0.4 is 0 Å². The van der Waals surface area contributed by atoms with Crippen molar-refractivity contribution in [2.75, 3.05) is 0 Å². The first-order valence-corrected chi connectivity index (χ1v) is 6.36. The first kappa shape index (κ1) is 15.3. The van der Waals surface area contributed by atoms with Gasteiger partial charge in [0.05, 0.1) is 6.10 Å². The van der Waals surface area contributed by atoms with Crippen molar-refractivity contribution >= 4 is 15.9 Å². The molecule has 0 aromatic heterocycles. The van der Waals surface area contributed by atoms with Crippen molar-refractivity contribution in [3.8, 4) is 24.2 Å². The Morgan fingerprint density at radius 3 is 2.50 bits per heavy atom. The molecule has 1 N–H and O–H groups in total. The highest BCUT2D eigenvalue weighted by atomic mass is 79.9. The molecule has 16 heavy (non-hydrogen) atoms. The smallest absolute Gasteiger partial charge is 0.0594 e. The van der Waals surface area contributed by atoms with Crippen LogP contribution >= 0.6 is 15.9 Å². The monoisotopic (exact) mass is 282 g/mol. The second-order valence-electron chi connectivity index (χ2n) is 3.68. The van der Waals surface area contributed by atoms with Gasteiger partial charge in [0.1, 0.15) is 0 Å². The highest BCUT2D eigenvalue weighted by Crippen LogP contribution is 2.12. The molecule has 0 aliphatic carbocycles. The molecule has 2 heteroatoms. The molecule has 0 saturated carbocycles. The third-order valence-electron chi connectivity index (χ3n) is 2.06. The molecule has 0 saturated heterocycles. The Labute approximate surface area is 107 Å². The van der Waals surface area contributed by atoms with E-state index in [0.717, 1.165) is 36.6 Å². The van der Waals surface area contributed by atoms with Crippen LogP contribution in [0.25, 0.3) is 0 Å². The van der Waals surface area contributed by atoms with Gasteiger partial charge < -0.3 is 5.11 Å². The van der Waals surface area contributed by atoms with Crippen LogP contribution in [0.2, 0.25) is 0 Å². The van der Waals surface area contributed by atoms with Crippen molar-refractivity contribution in [3.05, 3.63) is 11.1 Å². The van der Waals surface area contributed by atoms with E-state index in [1.165, 1.54) is 0 Å². The number of terminal acetylenes is 1. The molecule has 0 radical (unpaired) electrons. The summed E-state index contributed by atoms with van der Waals surface area (Å²) in [6.45, 7) is 3.69. The van der Waals surface area contributed by atoms with E-state index in [4.69, 9.17) is 6.42 Å². The summed E-state index contributed by atoms with van der Waals surface area (Å²) in [5.74, 6) is 8.76. The van der Waals surface area contributed by atoms with E-state index >= 15 is 0 Å². The lowest BCUT2D eigenvalue weighted by Gasteiger charge is -2.05. The summed E-state index contributed by atoms with van der Waals surface area (Å²) < 4.78 is 0.835. The van der Waals surface area contributed by atoms with Gasteiger partial charge in [-0.3, -0.25) is 0 Å². The van der Waals surface area contributed by atoms with Crippen molar-refractivity contribution in [2.45, 2.75) is 51.0 Å². The minimum Gasteiger partial charge on any atom is -0.393 e. The molecule has 1 atom stereocenters. The lowest BCUT2D eigenvalue weighted by Crippen LogP contribution is -2.04. The van der Waals surface area contributed by atoms with Crippen LogP contribution in [-0.4, -0.2) is 11.2 Å². The van der Waals surface area contributed by atoms with E-state index in [1.54, 1.807) is 0 Å². The molecule has 1 nitrogen and oxygen atoms in total. The van der Waals surface area contributed by atoms with Gasteiger partial charge in [-0.25, -0.2) is 0 Å². The van der Waals surface area contributed by atoms with Gasteiger partial charge in [0.25, 0.3) is 0 Å². The van der Waals surface area contributed by atoms with Crippen LogP contribution in [0.15, 0.2) is 11.1 Å². The highest BCUT2D eigenvalue weighted by Gasteiger charge is 2.02. The molecule has 1 unspecified atom stereocenters. The van der Waals surface area contributed by atoms with E-state index in [0.29, 0.717) is 12.8 Å². The Morgan fingerprint density at radius 1 is 1.25 bits per heavy atom. The second kappa shape index (κ2) is 10.8. The Balaban J connectivity index is 3.40. The Bertz CT molecular complexity index is 290. The molecule has 0 spiro atoms. The summed E-state index contributed by atoms with van der Waals surface area (Å²) in [6.07, 6.45) is 10.7. The second-order valence-corrected chi connectivity index (χ2v) is 4.80. The maximum atomic E-state index is 9.51. The van der Waals surface area contributed by atoms with Gasteiger partial charge in [0, 0.05) is 25.7 Å². The van der Waals surface area contributed by atoms with Crippen LogP contribution in [0.1, 0.15) is 44.9 Å². The van der Waals surface area contributed by atoms with Crippen molar-refractivity contribution < 1.29 is 5.11 Å². The van der Waals surface area contributed by atoms with Gasteiger partial charge in [-0.2, -0.15) is 0 Å². The average molecular weight is 283 g/mol. The summed E-state index contributed by atoms with van der Waals surface area (Å²) in [5, 5.41) is 9.51. The predicted molar refractivity (Wildman–Crippen MR) is 73.0 cm³/mol. The van der Waals surface area contributed by atoms with E-state index in [-0.39, 0.29) is 6.10 Å². The standard InChI is InChI=1S/C14H19BrO/c1-3-4-5-6-7-8-9-10-11-14(16)12-13(2)15/h1,14,16H,2,4-7,10-12H2. The quantitative estimate of drug-likeness (QED) is 0.559. The molecule has 0 aliphatic rings. The minimum atomic E-state index is -0.331. The zero-order chi connectivity index (χ0) is 12.2. The molecule has 0 amide bonds. The third-order valence-corrected chi connectivity index (χ3v) is 2.38. The van der Waals surface area contributed by atoms with Crippen LogP contribution in [0.3, 0.4) is 0 Å². The number of hydrogen-bond donors (Lipinski definition) is 1. The topological polar surface area (TPSA) is 20.2 Å². The zero-order valence-corrected chi connectivity index (χ0v) is 11.2. The van der Waals surface area contributed by atoms with Gasteiger partial charge in [-0.15, -0.1) is 24.2 Å². The Hall–Kier alpha value is -0.700. The van der Waals surface area contributed by atoms with Gasteiger partial charge in [-0.05, 0) is 23.7 Å². The molecule has 0 heterocycles. The molecular formula is C14H19BrO.